The number of hydrogen-bond acceptors (Lipinski definition) is 5. The summed E-state index contributed by atoms with van der Waals surface area (Å²) in [5.41, 5.74) is 1.29. The molecule has 1 aromatic heterocycles. The van der Waals surface area contributed by atoms with E-state index in [1.165, 1.54) is 31.4 Å². The highest BCUT2D eigenvalue weighted by atomic mass is 32.1. The number of alkyl halides is 3. The number of nitrogens with one attached hydrogen (secondary N) is 3. The van der Waals surface area contributed by atoms with Crippen molar-refractivity contribution in [3.63, 3.8) is 0 Å². The summed E-state index contributed by atoms with van der Waals surface area (Å²) in [6, 6.07) is 15.3. The number of benzene rings is 2. The Morgan fingerprint density at radius 1 is 0.969 bits per heavy atom. The van der Waals surface area contributed by atoms with Crippen LogP contribution in [0.3, 0.4) is 0 Å². The minimum absolute atomic E-state index is 0.152. The number of aromatic nitrogens is 1. The number of rotatable bonds is 6. The standard InChI is InChI=1S/C21H17F3N4O3S/c1-25-19(29)13-8-9-18(26-12-13)30-16-6-2-4-14(10-16)27-20(32)28-15-5-3-7-17(11-15)31-21(22,23)24/h2-12H,1H3,(H,25,29)(H2,27,28,32). The van der Waals surface area contributed by atoms with Gasteiger partial charge in [0.05, 0.1) is 5.56 Å². The van der Waals surface area contributed by atoms with E-state index in [0.717, 1.165) is 0 Å². The van der Waals surface area contributed by atoms with Crippen LogP contribution in [0.15, 0.2) is 66.9 Å². The van der Waals surface area contributed by atoms with Crippen LogP contribution in [-0.2, 0) is 0 Å². The molecule has 32 heavy (non-hydrogen) atoms. The predicted molar refractivity (Wildman–Crippen MR) is 117 cm³/mol. The molecule has 2 aromatic carbocycles. The summed E-state index contributed by atoms with van der Waals surface area (Å²) in [6.45, 7) is 0. The van der Waals surface area contributed by atoms with Crippen molar-refractivity contribution in [3.05, 3.63) is 72.4 Å². The molecule has 3 N–H and O–H groups in total. The number of thiocarbonyl (C=S) groups is 1. The Kier molecular flexibility index (Phi) is 7.11. The fourth-order valence-corrected chi connectivity index (χ4v) is 2.78. The molecule has 0 saturated carbocycles. The number of nitrogens with zero attached hydrogens (tertiary/aromatic N) is 1. The number of anilines is 2. The van der Waals surface area contributed by atoms with Gasteiger partial charge >= 0.3 is 6.36 Å². The van der Waals surface area contributed by atoms with E-state index in [-0.39, 0.29) is 22.6 Å². The summed E-state index contributed by atoms with van der Waals surface area (Å²) in [4.78, 5) is 15.7. The average Bonchev–Trinajstić information content (AvgIpc) is 2.73. The molecule has 0 radical (unpaired) electrons. The number of carbonyl (C=O) groups is 1. The van der Waals surface area contributed by atoms with Gasteiger partial charge < -0.3 is 25.4 Å². The lowest BCUT2D eigenvalue weighted by molar-refractivity contribution is -0.274. The van der Waals surface area contributed by atoms with Crippen molar-refractivity contribution in [2.75, 3.05) is 17.7 Å². The van der Waals surface area contributed by atoms with Crippen LogP contribution in [0.25, 0.3) is 0 Å². The van der Waals surface area contributed by atoms with Crippen LogP contribution in [0.5, 0.6) is 17.4 Å². The number of carbonyl (C=O) groups excluding carboxylic acids is 1. The zero-order valence-corrected chi connectivity index (χ0v) is 17.4. The van der Waals surface area contributed by atoms with E-state index >= 15 is 0 Å². The highest BCUT2D eigenvalue weighted by molar-refractivity contribution is 7.80. The fourth-order valence-electron chi connectivity index (χ4n) is 2.54. The largest absolute Gasteiger partial charge is 0.573 e. The van der Waals surface area contributed by atoms with Crippen LogP contribution in [0.2, 0.25) is 0 Å². The second kappa shape index (κ2) is 9.96. The molecular weight excluding hydrogens is 445 g/mol. The molecule has 0 bridgehead atoms. The van der Waals surface area contributed by atoms with E-state index in [4.69, 9.17) is 17.0 Å². The number of hydrogen-bond donors (Lipinski definition) is 3. The van der Waals surface area contributed by atoms with Gasteiger partial charge in [-0.3, -0.25) is 4.79 Å². The first-order valence-corrected chi connectivity index (χ1v) is 9.52. The van der Waals surface area contributed by atoms with Crippen molar-refractivity contribution in [3.8, 4) is 17.4 Å². The Hall–Kier alpha value is -3.86. The third kappa shape index (κ3) is 6.84. The van der Waals surface area contributed by atoms with Crippen LogP contribution in [0.1, 0.15) is 10.4 Å². The van der Waals surface area contributed by atoms with Gasteiger partial charge in [0.1, 0.15) is 11.5 Å². The van der Waals surface area contributed by atoms with Crippen molar-refractivity contribution in [2.24, 2.45) is 0 Å². The van der Waals surface area contributed by atoms with Gasteiger partial charge in [-0.05, 0) is 42.5 Å². The van der Waals surface area contributed by atoms with Crippen LogP contribution in [0.4, 0.5) is 24.5 Å². The minimum Gasteiger partial charge on any atom is -0.439 e. The van der Waals surface area contributed by atoms with Gasteiger partial charge in [0.25, 0.3) is 5.91 Å². The van der Waals surface area contributed by atoms with Crippen LogP contribution >= 0.6 is 12.2 Å². The quantitative estimate of drug-likeness (QED) is 0.448. The first-order chi connectivity index (χ1) is 15.2. The van der Waals surface area contributed by atoms with Crippen LogP contribution in [-0.4, -0.2) is 29.4 Å². The molecule has 0 saturated heterocycles. The number of amides is 1. The maximum absolute atomic E-state index is 12.4. The Bertz CT molecular complexity index is 1110. The second-order valence-corrected chi connectivity index (χ2v) is 6.66. The van der Waals surface area contributed by atoms with E-state index in [9.17, 15) is 18.0 Å². The summed E-state index contributed by atoms with van der Waals surface area (Å²) >= 11 is 5.22. The van der Waals surface area contributed by atoms with Crippen molar-refractivity contribution in [1.82, 2.24) is 10.3 Å². The number of halogens is 3. The average molecular weight is 462 g/mol. The molecule has 11 heteroatoms. The van der Waals surface area contributed by atoms with Gasteiger partial charge in [-0.2, -0.15) is 0 Å². The molecule has 0 aliphatic heterocycles. The summed E-state index contributed by atoms with van der Waals surface area (Å²) < 4.78 is 46.7. The zero-order valence-electron chi connectivity index (χ0n) is 16.6. The fraction of sp³-hybridized carbons (Fsp3) is 0.0952. The molecule has 0 unspecified atom stereocenters. The molecule has 1 amide bonds. The summed E-state index contributed by atoms with van der Waals surface area (Å²) in [5, 5.41) is 8.37. The number of ether oxygens (including phenoxy) is 2. The van der Waals surface area contributed by atoms with Gasteiger partial charge in [0.2, 0.25) is 5.88 Å². The first-order valence-electron chi connectivity index (χ1n) is 9.12. The summed E-state index contributed by atoms with van der Waals surface area (Å²) in [6.07, 6.45) is -3.39. The minimum atomic E-state index is -4.78. The normalized spacial score (nSPS) is 10.8. The molecule has 3 rings (SSSR count). The molecule has 1 heterocycles. The lowest BCUT2D eigenvalue weighted by Gasteiger charge is -2.13. The van der Waals surface area contributed by atoms with Crippen molar-refractivity contribution in [2.45, 2.75) is 6.36 Å². The molecule has 0 aliphatic rings. The van der Waals surface area contributed by atoms with Gasteiger partial charge in [0.15, 0.2) is 5.11 Å². The molecule has 0 aliphatic carbocycles. The molecule has 0 spiro atoms. The lowest BCUT2D eigenvalue weighted by Crippen LogP contribution is -2.20. The first kappa shape index (κ1) is 22.8. The van der Waals surface area contributed by atoms with Crippen molar-refractivity contribution < 1.29 is 27.4 Å². The number of pyridine rings is 1. The van der Waals surface area contributed by atoms with E-state index in [2.05, 4.69) is 25.7 Å². The summed E-state index contributed by atoms with van der Waals surface area (Å²) in [5.74, 6) is 0.123. The smallest absolute Gasteiger partial charge is 0.439 e. The lowest BCUT2D eigenvalue weighted by atomic mass is 10.2. The van der Waals surface area contributed by atoms with Crippen molar-refractivity contribution in [1.29, 1.82) is 0 Å². The second-order valence-electron chi connectivity index (χ2n) is 6.25. The molecular formula is C21H17F3N4O3S. The van der Waals surface area contributed by atoms with E-state index in [1.807, 2.05) is 0 Å². The molecule has 166 valence electrons. The van der Waals surface area contributed by atoms with Gasteiger partial charge in [-0.15, -0.1) is 13.2 Å². The zero-order chi connectivity index (χ0) is 23.1. The van der Waals surface area contributed by atoms with Gasteiger partial charge in [-0.25, -0.2) is 4.98 Å². The van der Waals surface area contributed by atoms with Crippen LogP contribution < -0.4 is 25.4 Å². The predicted octanol–water partition coefficient (Wildman–Crippen LogP) is 4.94. The summed E-state index contributed by atoms with van der Waals surface area (Å²) in [7, 11) is 1.53. The SMILES string of the molecule is CNC(=O)c1ccc(Oc2cccc(NC(=S)Nc3cccc(OC(F)(F)F)c3)c2)nc1. The highest BCUT2D eigenvalue weighted by Crippen LogP contribution is 2.26. The molecule has 0 fully saturated rings. The topological polar surface area (TPSA) is 84.5 Å². The van der Waals surface area contributed by atoms with E-state index < -0.39 is 6.36 Å². The Morgan fingerprint density at radius 2 is 1.59 bits per heavy atom. The molecule has 3 aromatic rings. The van der Waals surface area contributed by atoms with Crippen molar-refractivity contribution >= 4 is 34.6 Å². The molecule has 7 nitrogen and oxygen atoms in total. The Labute approximate surface area is 186 Å². The third-order valence-electron chi connectivity index (χ3n) is 3.87. The van der Waals surface area contributed by atoms with Crippen LogP contribution in [0, 0.1) is 0 Å². The van der Waals surface area contributed by atoms with E-state index in [0.29, 0.717) is 22.7 Å². The Morgan fingerprint density at radius 3 is 2.16 bits per heavy atom. The van der Waals surface area contributed by atoms with E-state index in [1.54, 1.807) is 42.5 Å². The maximum atomic E-state index is 12.4. The maximum Gasteiger partial charge on any atom is 0.573 e. The van der Waals surface area contributed by atoms with Gasteiger partial charge in [0, 0.05) is 42.8 Å². The third-order valence-corrected chi connectivity index (χ3v) is 4.07. The Balaban J connectivity index is 1.61. The van der Waals surface area contributed by atoms with Gasteiger partial charge in [-0.1, -0.05) is 12.1 Å². The monoisotopic (exact) mass is 462 g/mol. The molecule has 0 atom stereocenters. The highest BCUT2D eigenvalue weighted by Gasteiger charge is 2.31.